The molecule has 1 fully saturated rings. The zero-order chi connectivity index (χ0) is 22.3. The number of nitrogens with one attached hydrogen (secondary N) is 3. The number of imidazole rings is 1. The molecule has 8 nitrogen and oxygen atoms in total. The molecule has 0 bridgehead atoms. The van der Waals surface area contributed by atoms with Crippen LogP contribution in [0.25, 0.3) is 11.4 Å². The number of H-pyrrole nitrogens is 1. The topological polar surface area (TPSA) is 112 Å². The van der Waals surface area contributed by atoms with E-state index in [1.165, 1.54) is 0 Å². The number of hydrogen-bond donors (Lipinski definition) is 4. The lowest BCUT2D eigenvalue weighted by Crippen LogP contribution is -2.37. The van der Waals surface area contributed by atoms with Crippen LogP contribution in [0.1, 0.15) is 23.6 Å². The molecule has 8 heteroatoms. The first kappa shape index (κ1) is 22.1. The van der Waals surface area contributed by atoms with Crippen LogP contribution in [0.5, 0.6) is 0 Å². The van der Waals surface area contributed by atoms with Crippen molar-refractivity contribution in [2.75, 3.05) is 20.3 Å². The van der Waals surface area contributed by atoms with E-state index in [0.29, 0.717) is 26.1 Å². The molecule has 2 aromatic heterocycles. The van der Waals surface area contributed by atoms with Crippen LogP contribution < -0.4 is 10.6 Å². The van der Waals surface area contributed by atoms with Gasteiger partial charge in [0.1, 0.15) is 5.82 Å². The van der Waals surface area contributed by atoms with Gasteiger partial charge in [0.2, 0.25) is 5.91 Å². The molecule has 2 heterocycles. The Morgan fingerprint density at radius 3 is 2.81 bits per heavy atom. The molecule has 1 amide bonds. The molecule has 0 aliphatic heterocycles. The summed E-state index contributed by atoms with van der Waals surface area (Å²) in [4.78, 5) is 24.8. The van der Waals surface area contributed by atoms with E-state index < -0.39 is 12.0 Å². The van der Waals surface area contributed by atoms with Crippen LogP contribution in [0.2, 0.25) is 0 Å². The molecule has 1 aliphatic rings. The van der Waals surface area contributed by atoms with E-state index in [9.17, 15) is 9.90 Å². The van der Waals surface area contributed by atoms with Gasteiger partial charge in [-0.25, -0.2) is 4.98 Å². The molecule has 4 atom stereocenters. The molecule has 0 saturated heterocycles. The number of aliphatic hydroxyl groups is 1. The maximum atomic E-state index is 12.8. The summed E-state index contributed by atoms with van der Waals surface area (Å²) in [6.07, 6.45) is 4.99. The Labute approximate surface area is 187 Å². The summed E-state index contributed by atoms with van der Waals surface area (Å²) in [5, 5.41) is 17.6. The molecule has 0 spiro atoms. The van der Waals surface area contributed by atoms with Gasteiger partial charge in [-0.05, 0) is 18.1 Å². The number of aromatic amines is 1. The van der Waals surface area contributed by atoms with E-state index in [4.69, 9.17) is 4.74 Å². The fourth-order valence-corrected chi connectivity index (χ4v) is 4.33. The van der Waals surface area contributed by atoms with Crippen molar-refractivity contribution in [1.29, 1.82) is 0 Å². The average Bonchev–Trinajstić information content (AvgIpc) is 3.43. The molecule has 1 aromatic carbocycles. The Balaban J connectivity index is 1.54. The van der Waals surface area contributed by atoms with Crippen molar-refractivity contribution in [3.05, 3.63) is 72.3 Å². The van der Waals surface area contributed by atoms with Crippen molar-refractivity contribution in [2.45, 2.75) is 31.0 Å². The summed E-state index contributed by atoms with van der Waals surface area (Å²) >= 11 is 0. The molecule has 1 saturated carbocycles. The highest BCUT2D eigenvalue weighted by Crippen LogP contribution is 2.39. The molecule has 4 N–H and O–H groups in total. The fraction of sp³-hybridized carbons (Fsp3) is 0.375. The number of benzene rings is 1. The summed E-state index contributed by atoms with van der Waals surface area (Å²) < 4.78 is 5.02. The summed E-state index contributed by atoms with van der Waals surface area (Å²) in [6, 6.07) is 13.6. The van der Waals surface area contributed by atoms with Crippen molar-refractivity contribution in [2.24, 2.45) is 5.92 Å². The maximum absolute atomic E-state index is 12.8. The Morgan fingerprint density at radius 2 is 2.06 bits per heavy atom. The van der Waals surface area contributed by atoms with Crippen LogP contribution in [0.4, 0.5) is 0 Å². The van der Waals surface area contributed by atoms with Crippen molar-refractivity contribution in [1.82, 2.24) is 25.6 Å². The SMILES string of the molecule is COCCNC(=O)[C@H]1C[C@@H](NCc2cccnc2)[C@H](c2cnc(-c3ccccc3)[nH]2)[C@@H]1O. The van der Waals surface area contributed by atoms with Crippen molar-refractivity contribution < 1.29 is 14.6 Å². The number of hydrogen-bond acceptors (Lipinski definition) is 6. The van der Waals surface area contributed by atoms with Crippen LogP contribution in [-0.2, 0) is 16.1 Å². The Hall–Kier alpha value is -3.07. The predicted octanol–water partition coefficient (Wildman–Crippen LogP) is 1.86. The number of nitrogens with zero attached hydrogens (tertiary/aromatic N) is 2. The van der Waals surface area contributed by atoms with Crippen molar-refractivity contribution in [3.8, 4) is 11.4 Å². The minimum Gasteiger partial charge on any atom is -0.392 e. The number of carbonyl (C=O) groups excluding carboxylic acids is 1. The first-order valence-electron chi connectivity index (χ1n) is 10.8. The van der Waals surface area contributed by atoms with Crippen LogP contribution in [0.3, 0.4) is 0 Å². The largest absolute Gasteiger partial charge is 0.392 e. The van der Waals surface area contributed by atoms with Gasteiger partial charge in [0.15, 0.2) is 0 Å². The van der Waals surface area contributed by atoms with Crippen LogP contribution in [-0.4, -0.2) is 58.4 Å². The predicted molar refractivity (Wildman–Crippen MR) is 121 cm³/mol. The maximum Gasteiger partial charge on any atom is 0.225 e. The molecule has 0 radical (unpaired) electrons. The molecule has 0 unspecified atom stereocenters. The summed E-state index contributed by atoms with van der Waals surface area (Å²) in [5.41, 5.74) is 2.83. The number of amides is 1. The summed E-state index contributed by atoms with van der Waals surface area (Å²) in [6.45, 7) is 1.44. The first-order valence-corrected chi connectivity index (χ1v) is 10.8. The quantitative estimate of drug-likeness (QED) is 0.382. The van der Waals surface area contributed by atoms with Crippen molar-refractivity contribution in [3.63, 3.8) is 0 Å². The Kier molecular flexibility index (Phi) is 7.26. The zero-order valence-corrected chi connectivity index (χ0v) is 18.1. The monoisotopic (exact) mass is 435 g/mol. The van der Waals surface area contributed by atoms with Gasteiger partial charge in [0.05, 0.1) is 18.6 Å². The van der Waals surface area contributed by atoms with Crippen molar-refractivity contribution >= 4 is 5.91 Å². The lowest BCUT2D eigenvalue weighted by Gasteiger charge is -2.22. The lowest BCUT2D eigenvalue weighted by molar-refractivity contribution is -0.127. The van der Waals surface area contributed by atoms with Crippen LogP contribution in [0, 0.1) is 5.92 Å². The van der Waals surface area contributed by atoms with Gasteiger partial charge >= 0.3 is 0 Å². The molecule has 4 rings (SSSR count). The lowest BCUT2D eigenvalue weighted by atomic mass is 9.96. The van der Waals surface area contributed by atoms with E-state index in [-0.39, 0.29) is 17.9 Å². The van der Waals surface area contributed by atoms with Gasteiger partial charge in [0.25, 0.3) is 0 Å². The molecule has 168 valence electrons. The van der Waals surface area contributed by atoms with E-state index in [0.717, 1.165) is 22.6 Å². The van der Waals surface area contributed by atoms with Gasteiger partial charge < -0.3 is 25.5 Å². The van der Waals surface area contributed by atoms with Crippen LogP contribution >= 0.6 is 0 Å². The average molecular weight is 436 g/mol. The highest BCUT2D eigenvalue weighted by Gasteiger charge is 2.47. The summed E-state index contributed by atoms with van der Waals surface area (Å²) in [5.74, 6) is -0.235. The second-order valence-electron chi connectivity index (χ2n) is 8.04. The fourth-order valence-electron chi connectivity index (χ4n) is 4.33. The molecular weight excluding hydrogens is 406 g/mol. The molecule has 3 aromatic rings. The number of pyridine rings is 1. The normalized spacial score (nSPS) is 22.7. The van der Waals surface area contributed by atoms with Gasteiger partial charge in [-0.1, -0.05) is 36.4 Å². The van der Waals surface area contributed by atoms with E-state index in [2.05, 4.69) is 25.6 Å². The van der Waals surface area contributed by atoms with Gasteiger partial charge in [-0.2, -0.15) is 0 Å². The first-order chi connectivity index (χ1) is 15.7. The van der Waals surface area contributed by atoms with E-state index in [1.54, 1.807) is 19.5 Å². The number of rotatable bonds is 9. The second kappa shape index (κ2) is 10.5. The van der Waals surface area contributed by atoms with E-state index >= 15 is 0 Å². The Bertz CT molecular complexity index is 995. The van der Waals surface area contributed by atoms with E-state index in [1.807, 2.05) is 48.7 Å². The highest BCUT2D eigenvalue weighted by atomic mass is 16.5. The highest BCUT2D eigenvalue weighted by molar-refractivity contribution is 5.80. The number of aliphatic hydroxyl groups excluding tert-OH is 1. The number of ether oxygens (including phenoxy) is 1. The third-order valence-electron chi connectivity index (χ3n) is 5.96. The third kappa shape index (κ3) is 5.04. The second-order valence-corrected chi connectivity index (χ2v) is 8.04. The minimum absolute atomic E-state index is 0.104. The zero-order valence-electron chi connectivity index (χ0n) is 18.1. The standard InChI is InChI=1S/C24H29N5O3/c1-32-11-10-26-24(31)18-12-19(27-14-16-6-5-9-25-13-16)21(22(18)30)20-15-28-23(29-20)17-7-3-2-4-8-17/h2-9,13,15,18-19,21-22,27,30H,10-12,14H2,1H3,(H,26,31)(H,28,29)/t18-,19+,21+,22+/m0/s1. The van der Waals surface area contributed by atoms with Gasteiger partial charge in [-0.15, -0.1) is 0 Å². The Morgan fingerprint density at radius 1 is 1.22 bits per heavy atom. The number of aromatic nitrogens is 3. The molecular formula is C24H29N5O3. The summed E-state index contributed by atoms with van der Waals surface area (Å²) in [7, 11) is 1.59. The van der Waals surface area contributed by atoms with Crippen LogP contribution in [0.15, 0.2) is 61.1 Å². The van der Waals surface area contributed by atoms with Gasteiger partial charge in [-0.3, -0.25) is 9.78 Å². The molecule has 32 heavy (non-hydrogen) atoms. The molecule has 1 aliphatic carbocycles. The number of carbonyl (C=O) groups is 1. The van der Waals surface area contributed by atoms with Gasteiger partial charge in [0, 0.05) is 62.0 Å². The minimum atomic E-state index is -0.840. The third-order valence-corrected chi connectivity index (χ3v) is 5.96. The smallest absolute Gasteiger partial charge is 0.225 e. The number of methoxy groups -OCH3 is 1.